The molecule has 64 valence electrons. The minimum Gasteiger partial charge on any atom is -0.490 e. The van der Waals surface area contributed by atoms with E-state index in [0.717, 1.165) is 11.3 Å². The topological polar surface area (TPSA) is 29.5 Å². The fourth-order valence-electron chi connectivity index (χ4n) is 1.57. The van der Waals surface area contributed by atoms with Gasteiger partial charge in [0.15, 0.2) is 0 Å². The van der Waals surface area contributed by atoms with Crippen molar-refractivity contribution in [3.63, 3.8) is 0 Å². The first-order valence-electron chi connectivity index (χ1n) is 4.21. The average molecular weight is 164 g/mol. The van der Waals surface area contributed by atoms with Crippen molar-refractivity contribution in [2.24, 2.45) is 0 Å². The molecule has 1 aromatic carbocycles. The largest absolute Gasteiger partial charge is 0.490 e. The van der Waals surface area contributed by atoms with Gasteiger partial charge in [-0.05, 0) is 13.0 Å². The summed E-state index contributed by atoms with van der Waals surface area (Å²) < 4.78 is 5.54. The van der Waals surface area contributed by atoms with Gasteiger partial charge in [0.25, 0.3) is 0 Å². The van der Waals surface area contributed by atoms with E-state index < -0.39 is 0 Å². The summed E-state index contributed by atoms with van der Waals surface area (Å²) >= 11 is 0. The highest BCUT2D eigenvalue weighted by Gasteiger charge is 2.22. The van der Waals surface area contributed by atoms with Gasteiger partial charge in [0.2, 0.25) is 0 Å². The van der Waals surface area contributed by atoms with Crippen LogP contribution in [-0.4, -0.2) is 11.2 Å². The maximum absolute atomic E-state index is 9.65. The van der Waals surface area contributed by atoms with E-state index in [9.17, 15) is 5.11 Å². The zero-order valence-corrected chi connectivity index (χ0v) is 7.03. The van der Waals surface area contributed by atoms with Crippen LogP contribution >= 0.6 is 0 Å². The van der Waals surface area contributed by atoms with Crippen LogP contribution in [0.4, 0.5) is 0 Å². The van der Waals surface area contributed by atoms with Crippen molar-refractivity contribution in [2.45, 2.75) is 25.6 Å². The molecule has 0 bridgehead atoms. The lowest BCUT2D eigenvalue weighted by molar-refractivity contribution is 0.0749. The summed E-state index contributed by atoms with van der Waals surface area (Å²) in [6.45, 7) is 1.97. The fourth-order valence-corrected chi connectivity index (χ4v) is 1.57. The Labute approximate surface area is 71.8 Å². The van der Waals surface area contributed by atoms with Gasteiger partial charge in [-0.2, -0.15) is 0 Å². The Morgan fingerprint density at radius 1 is 1.42 bits per heavy atom. The maximum Gasteiger partial charge on any atom is 0.125 e. The standard InChI is InChI=1S/C10H12O2/c1-7-6-9(11)8-4-2-3-5-10(8)12-7/h2-5,7,9,11H,6H2,1H3/t7-,9-/m0/s1. The Hall–Kier alpha value is -1.02. The van der Waals surface area contributed by atoms with Gasteiger partial charge in [0, 0.05) is 12.0 Å². The van der Waals surface area contributed by atoms with Crippen LogP contribution in [-0.2, 0) is 0 Å². The lowest BCUT2D eigenvalue weighted by atomic mass is 10.0. The minimum absolute atomic E-state index is 0.120. The highest BCUT2D eigenvalue weighted by Crippen LogP contribution is 2.33. The van der Waals surface area contributed by atoms with Crippen LogP contribution < -0.4 is 4.74 Å². The third-order valence-electron chi connectivity index (χ3n) is 2.16. The lowest BCUT2D eigenvalue weighted by Gasteiger charge is -2.26. The average Bonchev–Trinajstić information content (AvgIpc) is 2.04. The number of hydrogen-bond acceptors (Lipinski definition) is 2. The molecule has 0 unspecified atom stereocenters. The monoisotopic (exact) mass is 164 g/mol. The normalized spacial score (nSPS) is 27.5. The Morgan fingerprint density at radius 2 is 2.17 bits per heavy atom. The van der Waals surface area contributed by atoms with E-state index in [-0.39, 0.29) is 12.2 Å². The highest BCUT2D eigenvalue weighted by atomic mass is 16.5. The SMILES string of the molecule is C[C@H]1C[C@H](O)c2ccccc2O1. The number of rotatable bonds is 0. The van der Waals surface area contributed by atoms with Crippen molar-refractivity contribution in [1.29, 1.82) is 0 Å². The van der Waals surface area contributed by atoms with E-state index in [1.807, 2.05) is 31.2 Å². The lowest BCUT2D eigenvalue weighted by Crippen LogP contribution is -2.22. The third kappa shape index (κ3) is 1.18. The van der Waals surface area contributed by atoms with Crippen LogP contribution in [0.2, 0.25) is 0 Å². The van der Waals surface area contributed by atoms with Crippen LogP contribution in [0, 0.1) is 0 Å². The van der Waals surface area contributed by atoms with E-state index in [1.165, 1.54) is 0 Å². The first kappa shape index (κ1) is 7.62. The molecule has 1 aliphatic heterocycles. The van der Waals surface area contributed by atoms with Crippen molar-refractivity contribution >= 4 is 0 Å². The van der Waals surface area contributed by atoms with Gasteiger partial charge in [-0.1, -0.05) is 18.2 Å². The van der Waals surface area contributed by atoms with Gasteiger partial charge >= 0.3 is 0 Å². The molecule has 0 saturated carbocycles. The van der Waals surface area contributed by atoms with Crippen LogP contribution in [0.5, 0.6) is 5.75 Å². The summed E-state index contributed by atoms with van der Waals surface area (Å²) in [7, 11) is 0. The number of para-hydroxylation sites is 1. The molecule has 1 N–H and O–H groups in total. The second-order valence-electron chi connectivity index (χ2n) is 3.22. The molecular weight excluding hydrogens is 152 g/mol. The molecule has 0 aliphatic carbocycles. The fraction of sp³-hybridized carbons (Fsp3) is 0.400. The number of hydrogen-bond donors (Lipinski definition) is 1. The van der Waals surface area contributed by atoms with Crippen molar-refractivity contribution in [3.8, 4) is 5.75 Å². The highest BCUT2D eigenvalue weighted by molar-refractivity contribution is 5.36. The predicted octanol–water partition coefficient (Wildman–Crippen LogP) is 1.89. The molecule has 2 nitrogen and oxygen atoms in total. The van der Waals surface area contributed by atoms with E-state index >= 15 is 0 Å². The predicted molar refractivity (Wildman–Crippen MR) is 46.1 cm³/mol. The number of fused-ring (bicyclic) bond motifs is 1. The molecule has 2 atom stereocenters. The number of aliphatic hydroxyl groups is 1. The Morgan fingerprint density at radius 3 is 3.00 bits per heavy atom. The van der Waals surface area contributed by atoms with Crippen molar-refractivity contribution in [2.75, 3.05) is 0 Å². The summed E-state index contributed by atoms with van der Waals surface area (Å²) in [6, 6.07) is 7.64. The number of aliphatic hydroxyl groups excluding tert-OH is 1. The smallest absolute Gasteiger partial charge is 0.125 e. The van der Waals surface area contributed by atoms with Gasteiger partial charge < -0.3 is 9.84 Å². The van der Waals surface area contributed by atoms with Crippen LogP contribution in [0.3, 0.4) is 0 Å². The molecular formula is C10H12O2. The van der Waals surface area contributed by atoms with Gasteiger partial charge in [-0.15, -0.1) is 0 Å². The zero-order chi connectivity index (χ0) is 8.55. The van der Waals surface area contributed by atoms with Gasteiger partial charge in [-0.3, -0.25) is 0 Å². The minimum atomic E-state index is -0.357. The van der Waals surface area contributed by atoms with Gasteiger partial charge in [-0.25, -0.2) is 0 Å². The van der Waals surface area contributed by atoms with Gasteiger partial charge in [0.05, 0.1) is 12.2 Å². The van der Waals surface area contributed by atoms with Crippen molar-refractivity contribution in [3.05, 3.63) is 29.8 Å². The Balaban J connectivity index is 2.40. The van der Waals surface area contributed by atoms with E-state index in [1.54, 1.807) is 0 Å². The summed E-state index contributed by atoms with van der Waals surface area (Å²) in [6.07, 6.45) is 0.455. The van der Waals surface area contributed by atoms with E-state index in [4.69, 9.17) is 4.74 Å². The molecule has 2 heteroatoms. The zero-order valence-electron chi connectivity index (χ0n) is 7.03. The van der Waals surface area contributed by atoms with Gasteiger partial charge in [0.1, 0.15) is 5.75 Å². The number of benzene rings is 1. The Bertz CT molecular complexity index is 283. The molecule has 1 aromatic rings. The molecule has 0 amide bonds. The quantitative estimate of drug-likeness (QED) is 0.634. The Kier molecular flexibility index (Phi) is 1.77. The van der Waals surface area contributed by atoms with Crippen LogP contribution in [0.15, 0.2) is 24.3 Å². The maximum atomic E-state index is 9.65. The van der Waals surface area contributed by atoms with Crippen molar-refractivity contribution < 1.29 is 9.84 Å². The van der Waals surface area contributed by atoms with Crippen LogP contribution in [0.1, 0.15) is 25.0 Å². The molecule has 2 rings (SSSR count). The molecule has 0 radical (unpaired) electrons. The van der Waals surface area contributed by atoms with Crippen LogP contribution in [0.25, 0.3) is 0 Å². The second-order valence-corrected chi connectivity index (χ2v) is 3.22. The summed E-state index contributed by atoms with van der Waals surface area (Å²) in [5.41, 5.74) is 0.913. The molecule has 12 heavy (non-hydrogen) atoms. The second kappa shape index (κ2) is 2.79. The molecule has 0 aromatic heterocycles. The third-order valence-corrected chi connectivity index (χ3v) is 2.16. The van der Waals surface area contributed by atoms with E-state index in [0.29, 0.717) is 6.42 Å². The molecule has 0 fully saturated rings. The number of ether oxygens (including phenoxy) is 1. The summed E-state index contributed by atoms with van der Waals surface area (Å²) in [5, 5.41) is 9.65. The first-order chi connectivity index (χ1) is 5.77. The summed E-state index contributed by atoms with van der Waals surface area (Å²) in [5.74, 6) is 0.823. The molecule has 0 saturated heterocycles. The summed E-state index contributed by atoms with van der Waals surface area (Å²) in [4.78, 5) is 0. The van der Waals surface area contributed by atoms with Crippen molar-refractivity contribution in [1.82, 2.24) is 0 Å². The molecule has 0 spiro atoms. The first-order valence-corrected chi connectivity index (χ1v) is 4.21. The molecule has 1 heterocycles. The van der Waals surface area contributed by atoms with E-state index in [2.05, 4.69) is 0 Å². The molecule has 1 aliphatic rings.